The van der Waals surface area contributed by atoms with E-state index >= 15 is 0 Å². The zero-order valence-corrected chi connectivity index (χ0v) is 8.33. The lowest BCUT2D eigenvalue weighted by atomic mass is 10.2. The number of aliphatic carboxylic acids is 1. The summed E-state index contributed by atoms with van der Waals surface area (Å²) < 4.78 is 6.72. The first-order chi connectivity index (χ1) is 7.20. The van der Waals surface area contributed by atoms with E-state index in [2.05, 4.69) is 15.5 Å². The van der Waals surface area contributed by atoms with Crippen LogP contribution < -0.4 is 0 Å². The lowest BCUT2D eigenvalue weighted by molar-refractivity contribution is -0.140. The molecule has 7 heteroatoms. The first-order valence-electron chi connectivity index (χ1n) is 4.82. The molecule has 0 aliphatic carbocycles. The van der Waals surface area contributed by atoms with Gasteiger partial charge in [-0.25, -0.2) is 9.48 Å². The summed E-state index contributed by atoms with van der Waals surface area (Å²) in [7, 11) is 0. The topological polar surface area (TPSA) is 90.1 Å². The molecule has 15 heavy (non-hydrogen) atoms. The lowest BCUT2D eigenvalue weighted by Crippen LogP contribution is -2.20. The predicted octanol–water partition coefficient (Wildman–Crippen LogP) is 0.170. The average Bonchev–Trinajstić information content (AvgIpc) is 2.86. The van der Waals surface area contributed by atoms with E-state index in [9.17, 15) is 4.79 Å². The maximum absolute atomic E-state index is 10.8. The number of ether oxygens (including phenoxy) is 1. The summed E-state index contributed by atoms with van der Waals surface area (Å²) in [5, 5.41) is 19.8. The summed E-state index contributed by atoms with van der Waals surface area (Å²) in [5.74, 6) is -0.455. The standard InChI is InChI=1S/C8H12N4O3/c1-5(8(13)14)12-7(9-10-11-12)6-3-2-4-15-6/h5-6H,2-4H2,1H3,(H,13,14). The van der Waals surface area contributed by atoms with Gasteiger partial charge in [0.25, 0.3) is 0 Å². The Hall–Kier alpha value is -1.50. The van der Waals surface area contributed by atoms with Crippen LogP contribution in [0.2, 0.25) is 0 Å². The molecule has 82 valence electrons. The van der Waals surface area contributed by atoms with E-state index in [1.54, 1.807) is 0 Å². The molecule has 0 saturated carbocycles. The molecule has 2 unspecified atom stereocenters. The highest BCUT2D eigenvalue weighted by atomic mass is 16.5. The summed E-state index contributed by atoms with van der Waals surface area (Å²) in [6, 6.07) is -0.765. The third-order valence-corrected chi connectivity index (χ3v) is 2.46. The molecule has 0 amide bonds. The zero-order chi connectivity index (χ0) is 10.8. The third kappa shape index (κ3) is 1.82. The van der Waals surface area contributed by atoms with Crippen LogP contribution in [0.1, 0.15) is 37.7 Å². The van der Waals surface area contributed by atoms with Crippen molar-refractivity contribution in [2.45, 2.75) is 31.9 Å². The van der Waals surface area contributed by atoms with Gasteiger partial charge in [-0.05, 0) is 30.2 Å². The molecule has 0 bridgehead atoms. The number of hydrogen-bond donors (Lipinski definition) is 1. The number of carboxylic acids is 1. The maximum atomic E-state index is 10.8. The number of carboxylic acid groups (broad SMARTS) is 1. The van der Waals surface area contributed by atoms with Crippen LogP contribution in [0.25, 0.3) is 0 Å². The molecule has 1 N–H and O–H groups in total. The van der Waals surface area contributed by atoms with Gasteiger partial charge in [-0.1, -0.05) is 0 Å². The SMILES string of the molecule is CC(C(=O)O)n1nnnc1C1CCCO1. The Balaban J connectivity index is 2.24. The highest BCUT2D eigenvalue weighted by Gasteiger charge is 2.27. The minimum atomic E-state index is -0.957. The molecule has 7 nitrogen and oxygen atoms in total. The van der Waals surface area contributed by atoms with Gasteiger partial charge in [0.05, 0.1) is 0 Å². The van der Waals surface area contributed by atoms with Crippen LogP contribution in [-0.2, 0) is 9.53 Å². The van der Waals surface area contributed by atoms with E-state index in [1.165, 1.54) is 11.6 Å². The molecular formula is C8H12N4O3. The average molecular weight is 212 g/mol. The Morgan fingerprint density at radius 2 is 2.53 bits per heavy atom. The van der Waals surface area contributed by atoms with Gasteiger partial charge in [-0.3, -0.25) is 0 Å². The van der Waals surface area contributed by atoms with Crippen LogP contribution in [-0.4, -0.2) is 37.9 Å². The fraction of sp³-hybridized carbons (Fsp3) is 0.750. The molecule has 2 rings (SSSR count). The summed E-state index contributed by atoms with van der Waals surface area (Å²) >= 11 is 0. The monoisotopic (exact) mass is 212 g/mol. The van der Waals surface area contributed by atoms with Crippen molar-refractivity contribution in [3.05, 3.63) is 5.82 Å². The molecular weight excluding hydrogens is 200 g/mol. The van der Waals surface area contributed by atoms with Gasteiger partial charge in [0.15, 0.2) is 11.9 Å². The summed E-state index contributed by atoms with van der Waals surface area (Å²) in [5.41, 5.74) is 0. The zero-order valence-electron chi connectivity index (χ0n) is 8.33. The van der Waals surface area contributed by atoms with Crippen molar-refractivity contribution in [2.24, 2.45) is 0 Å². The number of nitrogens with zero attached hydrogens (tertiary/aromatic N) is 4. The first-order valence-corrected chi connectivity index (χ1v) is 4.82. The van der Waals surface area contributed by atoms with Crippen molar-refractivity contribution >= 4 is 5.97 Å². The number of rotatable bonds is 3. The van der Waals surface area contributed by atoms with Crippen LogP contribution in [0, 0.1) is 0 Å². The molecule has 1 aromatic rings. The number of hydrogen-bond acceptors (Lipinski definition) is 5. The second-order valence-corrected chi connectivity index (χ2v) is 3.50. The van der Waals surface area contributed by atoms with Gasteiger partial charge in [0.1, 0.15) is 6.10 Å². The highest BCUT2D eigenvalue weighted by molar-refractivity contribution is 5.71. The van der Waals surface area contributed by atoms with Crippen molar-refractivity contribution in [1.29, 1.82) is 0 Å². The smallest absolute Gasteiger partial charge is 0.328 e. The van der Waals surface area contributed by atoms with E-state index < -0.39 is 12.0 Å². The van der Waals surface area contributed by atoms with Gasteiger partial charge in [-0.2, -0.15) is 0 Å². The Bertz CT molecular complexity index is 359. The molecule has 0 spiro atoms. The minimum absolute atomic E-state index is 0.165. The quantitative estimate of drug-likeness (QED) is 0.768. The fourth-order valence-electron chi connectivity index (χ4n) is 1.57. The summed E-state index contributed by atoms with van der Waals surface area (Å²) in [6.45, 7) is 2.22. The summed E-state index contributed by atoms with van der Waals surface area (Å²) in [6.07, 6.45) is 1.63. The van der Waals surface area contributed by atoms with E-state index in [0.29, 0.717) is 12.4 Å². The maximum Gasteiger partial charge on any atom is 0.328 e. The van der Waals surface area contributed by atoms with E-state index in [-0.39, 0.29) is 6.10 Å². The van der Waals surface area contributed by atoms with Crippen LogP contribution in [0.3, 0.4) is 0 Å². The molecule has 0 aromatic carbocycles. The van der Waals surface area contributed by atoms with Gasteiger partial charge >= 0.3 is 5.97 Å². The molecule has 1 aromatic heterocycles. The van der Waals surface area contributed by atoms with Gasteiger partial charge in [-0.15, -0.1) is 5.10 Å². The molecule has 1 fully saturated rings. The second-order valence-electron chi connectivity index (χ2n) is 3.50. The van der Waals surface area contributed by atoms with Gasteiger partial charge in [0.2, 0.25) is 0 Å². The van der Waals surface area contributed by atoms with Gasteiger partial charge in [0, 0.05) is 6.61 Å². The van der Waals surface area contributed by atoms with Crippen molar-refractivity contribution in [3.8, 4) is 0 Å². The number of aromatic nitrogens is 4. The van der Waals surface area contributed by atoms with E-state index in [0.717, 1.165) is 12.8 Å². The third-order valence-electron chi connectivity index (χ3n) is 2.46. The van der Waals surface area contributed by atoms with Gasteiger partial charge < -0.3 is 9.84 Å². The fourth-order valence-corrected chi connectivity index (χ4v) is 1.57. The number of carbonyl (C=O) groups is 1. The summed E-state index contributed by atoms with van der Waals surface area (Å²) in [4.78, 5) is 10.8. The minimum Gasteiger partial charge on any atom is -0.480 e. The Labute approximate surface area is 86.0 Å². The Kier molecular flexibility index (Phi) is 2.63. The Morgan fingerprint density at radius 3 is 3.13 bits per heavy atom. The molecule has 0 radical (unpaired) electrons. The van der Waals surface area contributed by atoms with Crippen LogP contribution in [0.5, 0.6) is 0 Å². The van der Waals surface area contributed by atoms with Crippen molar-refractivity contribution in [1.82, 2.24) is 20.2 Å². The van der Waals surface area contributed by atoms with Crippen molar-refractivity contribution < 1.29 is 14.6 Å². The first kappa shape index (κ1) is 10.0. The molecule has 1 aliphatic rings. The van der Waals surface area contributed by atoms with Crippen LogP contribution in [0.15, 0.2) is 0 Å². The van der Waals surface area contributed by atoms with E-state index in [1.807, 2.05) is 0 Å². The van der Waals surface area contributed by atoms with Crippen molar-refractivity contribution in [3.63, 3.8) is 0 Å². The molecule has 2 heterocycles. The number of tetrazole rings is 1. The van der Waals surface area contributed by atoms with E-state index in [4.69, 9.17) is 9.84 Å². The molecule has 1 saturated heterocycles. The Morgan fingerprint density at radius 1 is 1.73 bits per heavy atom. The lowest BCUT2D eigenvalue weighted by Gasteiger charge is -2.12. The van der Waals surface area contributed by atoms with Crippen LogP contribution >= 0.6 is 0 Å². The largest absolute Gasteiger partial charge is 0.480 e. The normalized spacial score (nSPS) is 22.9. The second kappa shape index (κ2) is 3.93. The van der Waals surface area contributed by atoms with Crippen molar-refractivity contribution in [2.75, 3.05) is 6.61 Å². The predicted molar refractivity (Wildman–Crippen MR) is 48.1 cm³/mol. The molecule has 1 aliphatic heterocycles. The highest BCUT2D eigenvalue weighted by Crippen LogP contribution is 2.27. The van der Waals surface area contributed by atoms with Crippen LogP contribution in [0.4, 0.5) is 0 Å². The molecule has 2 atom stereocenters.